The van der Waals surface area contributed by atoms with Crippen LogP contribution in [0, 0.1) is 0 Å². The zero-order valence-electron chi connectivity index (χ0n) is 15.1. The number of carbonyl (C=O) groups is 2. The smallest absolute Gasteiger partial charge is 0.239 e. The van der Waals surface area contributed by atoms with Crippen molar-refractivity contribution in [2.24, 2.45) is 5.73 Å². The molecule has 6 nitrogen and oxygen atoms in total. The summed E-state index contributed by atoms with van der Waals surface area (Å²) in [5, 5.41) is 2.68. The molecule has 0 heterocycles. The van der Waals surface area contributed by atoms with E-state index >= 15 is 0 Å². The van der Waals surface area contributed by atoms with Gasteiger partial charge in [-0.15, -0.1) is 0 Å². The van der Waals surface area contributed by atoms with E-state index in [1.54, 1.807) is 0 Å². The third-order valence-electron chi connectivity index (χ3n) is 4.61. The van der Waals surface area contributed by atoms with Gasteiger partial charge in [-0.05, 0) is 31.2 Å². The molecule has 0 radical (unpaired) electrons. The second-order valence-corrected chi connectivity index (χ2v) is 8.31. The molecule has 1 aliphatic carbocycles. The highest BCUT2D eigenvalue weighted by molar-refractivity contribution is 7.39. The van der Waals surface area contributed by atoms with Gasteiger partial charge in [-0.2, -0.15) is 0 Å². The van der Waals surface area contributed by atoms with Crippen molar-refractivity contribution >= 4 is 19.8 Å². The molecule has 1 aliphatic rings. The number of benzene rings is 1. The van der Waals surface area contributed by atoms with E-state index in [1.807, 2.05) is 30.3 Å². The molecule has 1 aromatic rings. The molecule has 2 amide bonds. The number of nitrogens with one attached hydrogen (secondary N) is 1. The van der Waals surface area contributed by atoms with E-state index in [4.69, 9.17) is 10.3 Å². The summed E-state index contributed by atoms with van der Waals surface area (Å²) in [4.78, 5) is 23.7. The molecule has 26 heavy (non-hydrogen) atoms. The SMILES string of the molecule is NC(=O)C(CCC[PH](=O)OC1CCCCC1)NC(=O)Cc1ccccc1. The molecule has 1 fully saturated rings. The predicted molar refractivity (Wildman–Crippen MR) is 102 cm³/mol. The Bertz CT molecular complexity index is 603. The van der Waals surface area contributed by atoms with Crippen LogP contribution in [0.15, 0.2) is 30.3 Å². The molecule has 1 aromatic carbocycles. The summed E-state index contributed by atoms with van der Waals surface area (Å²) >= 11 is 0. The second-order valence-electron chi connectivity index (χ2n) is 6.83. The second kappa shape index (κ2) is 11.1. The summed E-state index contributed by atoms with van der Waals surface area (Å²) < 4.78 is 17.7. The van der Waals surface area contributed by atoms with E-state index in [0.29, 0.717) is 19.0 Å². The molecule has 2 atom stereocenters. The Kier molecular flexibility index (Phi) is 8.86. The van der Waals surface area contributed by atoms with Gasteiger partial charge >= 0.3 is 0 Å². The van der Waals surface area contributed by atoms with Gasteiger partial charge in [-0.3, -0.25) is 14.2 Å². The van der Waals surface area contributed by atoms with Gasteiger partial charge in [0, 0.05) is 6.16 Å². The number of amides is 2. The van der Waals surface area contributed by atoms with E-state index in [-0.39, 0.29) is 18.4 Å². The molecule has 2 rings (SSSR count). The summed E-state index contributed by atoms with van der Waals surface area (Å²) in [5.41, 5.74) is 6.26. The molecule has 7 heteroatoms. The van der Waals surface area contributed by atoms with Crippen molar-refractivity contribution < 1.29 is 18.7 Å². The number of nitrogens with two attached hydrogens (primary N) is 1. The number of carbonyl (C=O) groups excluding carboxylic acids is 2. The van der Waals surface area contributed by atoms with E-state index in [2.05, 4.69) is 5.32 Å². The van der Waals surface area contributed by atoms with Gasteiger partial charge in [0.15, 0.2) is 8.03 Å². The highest BCUT2D eigenvalue weighted by atomic mass is 31.1. The van der Waals surface area contributed by atoms with Crippen molar-refractivity contribution in [2.75, 3.05) is 6.16 Å². The van der Waals surface area contributed by atoms with Crippen LogP contribution in [0.5, 0.6) is 0 Å². The quantitative estimate of drug-likeness (QED) is 0.610. The van der Waals surface area contributed by atoms with Crippen LogP contribution in [0.2, 0.25) is 0 Å². The van der Waals surface area contributed by atoms with Gasteiger partial charge in [0.25, 0.3) is 0 Å². The lowest BCUT2D eigenvalue weighted by atomic mass is 9.98. The molecule has 144 valence electrons. The Morgan fingerprint density at radius 1 is 1.19 bits per heavy atom. The van der Waals surface area contributed by atoms with Crippen molar-refractivity contribution in [3.8, 4) is 0 Å². The van der Waals surface area contributed by atoms with Crippen molar-refractivity contribution in [3.63, 3.8) is 0 Å². The summed E-state index contributed by atoms with van der Waals surface area (Å²) in [5.74, 6) is -0.814. The zero-order valence-corrected chi connectivity index (χ0v) is 16.1. The largest absolute Gasteiger partial charge is 0.368 e. The van der Waals surface area contributed by atoms with E-state index in [0.717, 1.165) is 31.2 Å². The normalized spacial score (nSPS) is 17.4. The fraction of sp³-hybridized carbons (Fsp3) is 0.579. The van der Waals surface area contributed by atoms with Gasteiger partial charge in [0.05, 0.1) is 12.5 Å². The van der Waals surface area contributed by atoms with Gasteiger partial charge in [0.2, 0.25) is 11.8 Å². The van der Waals surface area contributed by atoms with Crippen molar-refractivity contribution in [1.82, 2.24) is 5.32 Å². The Balaban J connectivity index is 1.70. The molecule has 0 bridgehead atoms. The third kappa shape index (κ3) is 7.71. The van der Waals surface area contributed by atoms with Crippen LogP contribution in [0.3, 0.4) is 0 Å². The first kappa shape index (κ1) is 20.7. The molecule has 0 aliphatic heterocycles. The monoisotopic (exact) mass is 380 g/mol. The fourth-order valence-corrected chi connectivity index (χ4v) is 4.41. The first-order chi connectivity index (χ1) is 12.5. The van der Waals surface area contributed by atoms with Crippen LogP contribution in [-0.2, 0) is 25.1 Å². The Morgan fingerprint density at radius 2 is 1.88 bits per heavy atom. The lowest BCUT2D eigenvalue weighted by Crippen LogP contribution is -2.45. The summed E-state index contributed by atoms with van der Waals surface area (Å²) in [6.45, 7) is 0. The molecular weight excluding hydrogens is 351 g/mol. The number of hydrogen-bond donors (Lipinski definition) is 2. The van der Waals surface area contributed by atoms with E-state index in [1.165, 1.54) is 6.42 Å². The Morgan fingerprint density at radius 3 is 2.54 bits per heavy atom. The summed E-state index contributed by atoms with van der Waals surface area (Å²) in [6.07, 6.45) is 7.10. The molecule has 0 spiro atoms. The van der Waals surface area contributed by atoms with Crippen LogP contribution in [-0.4, -0.2) is 30.1 Å². The molecule has 3 N–H and O–H groups in total. The lowest BCUT2D eigenvalue weighted by Gasteiger charge is -2.21. The van der Waals surface area contributed by atoms with Crippen LogP contribution in [0.25, 0.3) is 0 Å². The molecule has 1 saturated carbocycles. The Hall–Kier alpha value is -1.65. The van der Waals surface area contributed by atoms with Gasteiger partial charge < -0.3 is 15.6 Å². The van der Waals surface area contributed by atoms with Crippen LogP contribution < -0.4 is 11.1 Å². The first-order valence-electron chi connectivity index (χ1n) is 9.36. The highest BCUT2D eigenvalue weighted by Crippen LogP contribution is 2.32. The first-order valence-corrected chi connectivity index (χ1v) is 10.9. The zero-order chi connectivity index (χ0) is 18.8. The Labute approximate surface area is 155 Å². The van der Waals surface area contributed by atoms with E-state index in [9.17, 15) is 14.2 Å². The maximum absolute atomic E-state index is 12.1. The minimum absolute atomic E-state index is 0.118. The minimum Gasteiger partial charge on any atom is -0.368 e. The number of rotatable bonds is 10. The van der Waals surface area contributed by atoms with Crippen LogP contribution >= 0.6 is 8.03 Å². The van der Waals surface area contributed by atoms with Crippen molar-refractivity contribution in [3.05, 3.63) is 35.9 Å². The van der Waals surface area contributed by atoms with Crippen LogP contribution in [0.1, 0.15) is 50.5 Å². The highest BCUT2D eigenvalue weighted by Gasteiger charge is 2.20. The molecule has 2 unspecified atom stereocenters. The average molecular weight is 380 g/mol. The minimum atomic E-state index is -2.10. The maximum atomic E-state index is 12.1. The standard InChI is InChI=1S/C19H29N2O4P/c20-19(23)17(21-18(22)14-15-8-3-1-4-9-15)12-7-13-26(24)25-16-10-5-2-6-11-16/h1,3-4,8-9,16-17,26H,2,5-7,10-14H2,(H2,20,23)(H,21,22). The van der Waals surface area contributed by atoms with Crippen molar-refractivity contribution in [2.45, 2.75) is 63.5 Å². The van der Waals surface area contributed by atoms with E-state index < -0.39 is 20.0 Å². The summed E-state index contributed by atoms with van der Waals surface area (Å²) in [6, 6.07) is 8.57. The van der Waals surface area contributed by atoms with Gasteiger partial charge in [0.1, 0.15) is 6.04 Å². The number of hydrogen-bond acceptors (Lipinski definition) is 4. The molecule has 0 aromatic heterocycles. The predicted octanol–water partition coefficient (Wildman–Crippen LogP) is 2.80. The average Bonchev–Trinajstić information content (AvgIpc) is 2.62. The maximum Gasteiger partial charge on any atom is 0.239 e. The third-order valence-corrected chi connectivity index (χ3v) is 5.97. The molecule has 0 saturated heterocycles. The number of primary amides is 1. The molecular formula is C19H29N2O4P. The lowest BCUT2D eigenvalue weighted by molar-refractivity contribution is -0.127. The summed E-state index contributed by atoms with van der Waals surface area (Å²) in [7, 11) is -2.10. The topological polar surface area (TPSA) is 98.5 Å². The van der Waals surface area contributed by atoms with Gasteiger partial charge in [-0.1, -0.05) is 49.6 Å². The van der Waals surface area contributed by atoms with Gasteiger partial charge in [-0.25, -0.2) is 0 Å². The van der Waals surface area contributed by atoms with Crippen LogP contribution in [0.4, 0.5) is 0 Å². The van der Waals surface area contributed by atoms with Crippen molar-refractivity contribution in [1.29, 1.82) is 0 Å². The fourth-order valence-electron chi connectivity index (χ4n) is 3.19.